The zero-order valence-electron chi connectivity index (χ0n) is 15.2. The summed E-state index contributed by atoms with van der Waals surface area (Å²) >= 11 is 0. The molecule has 0 saturated heterocycles. The first-order chi connectivity index (χ1) is 13.5. The average Bonchev–Trinajstić information content (AvgIpc) is 2.65. The van der Waals surface area contributed by atoms with Crippen molar-refractivity contribution in [2.24, 2.45) is 0 Å². The standard InChI is InChI=1S/C22H20FN3O2/c23-19-5-2-1-4-17(19)18-12-16(24)13-25-20(18)14-6-8-15(9-7-14)22(10-3-11-22)26-21(27)28/h1-2,4-9,12-13,26H,3,10-11,24H2,(H,27,28). The predicted molar refractivity (Wildman–Crippen MR) is 106 cm³/mol. The number of nitrogens with zero attached hydrogens (tertiary/aromatic N) is 1. The number of carboxylic acid groups (broad SMARTS) is 1. The molecular formula is C22H20FN3O2. The number of aromatic nitrogens is 1. The maximum Gasteiger partial charge on any atom is 0.405 e. The van der Waals surface area contributed by atoms with E-state index in [1.165, 1.54) is 6.07 Å². The topological polar surface area (TPSA) is 88.2 Å². The summed E-state index contributed by atoms with van der Waals surface area (Å²) in [6.07, 6.45) is 3.07. The first-order valence-electron chi connectivity index (χ1n) is 9.11. The summed E-state index contributed by atoms with van der Waals surface area (Å²) in [5.74, 6) is -0.341. The molecule has 0 atom stereocenters. The maximum absolute atomic E-state index is 14.4. The molecule has 0 spiro atoms. The van der Waals surface area contributed by atoms with Gasteiger partial charge in [-0.05, 0) is 37.0 Å². The van der Waals surface area contributed by atoms with Crippen LogP contribution in [0.15, 0.2) is 60.8 Å². The number of carbonyl (C=O) groups is 1. The van der Waals surface area contributed by atoms with Crippen LogP contribution in [0.2, 0.25) is 0 Å². The molecule has 6 heteroatoms. The van der Waals surface area contributed by atoms with Crippen molar-refractivity contribution in [1.82, 2.24) is 10.3 Å². The molecule has 1 aromatic heterocycles. The minimum Gasteiger partial charge on any atom is -0.465 e. The number of amides is 1. The molecule has 0 radical (unpaired) electrons. The number of anilines is 1. The van der Waals surface area contributed by atoms with Crippen LogP contribution < -0.4 is 11.1 Å². The van der Waals surface area contributed by atoms with Crippen molar-refractivity contribution in [3.05, 3.63) is 72.2 Å². The third-order valence-electron chi connectivity index (χ3n) is 5.34. The molecule has 0 unspecified atom stereocenters. The van der Waals surface area contributed by atoms with Crippen LogP contribution in [0.4, 0.5) is 14.9 Å². The number of pyridine rings is 1. The molecule has 1 saturated carbocycles. The maximum atomic E-state index is 14.4. The summed E-state index contributed by atoms with van der Waals surface area (Å²) in [6.45, 7) is 0. The summed E-state index contributed by atoms with van der Waals surface area (Å²) < 4.78 is 14.4. The highest BCUT2D eigenvalue weighted by Crippen LogP contribution is 2.42. The fourth-order valence-electron chi connectivity index (χ4n) is 3.76. The molecular weight excluding hydrogens is 357 g/mol. The van der Waals surface area contributed by atoms with E-state index in [9.17, 15) is 9.18 Å². The Labute approximate surface area is 162 Å². The zero-order valence-corrected chi connectivity index (χ0v) is 15.2. The zero-order chi connectivity index (χ0) is 19.7. The molecule has 1 amide bonds. The van der Waals surface area contributed by atoms with Gasteiger partial charge in [-0.2, -0.15) is 0 Å². The molecule has 0 aliphatic heterocycles. The van der Waals surface area contributed by atoms with E-state index in [-0.39, 0.29) is 5.82 Å². The number of nitrogens with two attached hydrogens (primary N) is 1. The Morgan fingerprint density at radius 3 is 2.43 bits per heavy atom. The van der Waals surface area contributed by atoms with Crippen LogP contribution in [-0.2, 0) is 5.54 Å². The van der Waals surface area contributed by atoms with E-state index in [0.717, 1.165) is 30.4 Å². The lowest BCUT2D eigenvalue weighted by Gasteiger charge is -2.42. The van der Waals surface area contributed by atoms with Crippen molar-refractivity contribution in [2.45, 2.75) is 24.8 Å². The minimum atomic E-state index is -1.02. The SMILES string of the molecule is Nc1cnc(-c2ccc(C3(NC(=O)O)CCC3)cc2)c(-c2ccccc2F)c1. The molecule has 142 valence electrons. The molecule has 28 heavy (non-hydrogen) atoms. The lowest BCUT2D eigenvalue weighted by atomic mass is 9.71. The second-order valence-corrected chi connectivity index (χ2v) is 7.09. The van der Waals surface area contributed by atoms with Gasteiger partial charge in [-0.1, -0.05) is 42.5 Å². The highest BCUT2D eigenvalue weighted by Gasteiger charge is 2.40. The molecule has 4 N–H and O–H groups in total. The molecule has 3 aromatic rings. The predicted octanol–water partition coefficient (Wildman–Crippen LogP) is 4.78. The lowest BCUT2D eigenvalue weighted by molar-refractivity contribution is 0.144. The molecule has 0 bridgehead atoms. The summed E-state index contributed by atoms with van der Waals surface area (Å²) in [5, 5.41) is 11.8. The van der Waals surface area contributed by atoms with Gasteiger partial charge in [-0.15, -0.1) is 0 Å². The van der Waals surface area contributed by atoms with Gasteiger partial charge < -0.3 is 16.2 Å². The van der Waals surface area contributed by atoms with Crippen LogP contribution in [0.3, 0.4) is 0 Å². The number of benzene rings is 2. The van der Waals surface area contributed by atoms with Gasteiger partial charge in [-0.25, -0.2) is 9.18 Å². The monoisotopic (exact) mass is 377 g/mol. The normalized spacial score (nSPS) is 14.9. The van der Waals surface area contributed by atoms with Crippen molar-refractivity contribution >= 4 is 11.8 Å². The van der Waals surface area contributed by atoms with E-state index >= 15 is 0 Å². The van der Waals surface area contributed by atoms with E-state index < -0.39 is 11.6 Å². The number of hydrogen-bond donors (Lipinski definition) is 3. The largest absolute Gasteiger partial charge is 0.465 e. The highest BCUT2D eigenvalue weighted by molar-refractivity contribution is 5.83. The second kappa shape index (κ2) is 6.96. The fourth-order valence-corrected chi connectivity index (χ4v) is 3.76. The van der Waals surface area contributed by atoms with Crippen LogP contribution in [-0.4, -0.2) is 16.2 Å². The summed E-state index contributed by atoms with van der Waals surface area (Å²) in [5.41, 5.74) is 9.25. The van der Waals surface area contributed by atoms with Gasteiger partial charge in [-0.3, -0.25) is 4.98 Å². The second-order valence-electron chi connectivity index (χ2n) is 7.09. The molecule has 2 aromatic carbocycles. The Bertz CT molecular complexity index is 1030. The quantitative estimate of drug-likeness (QED) is 0.610. The number of hydrogen-bond acceptors (Lipinski definition) is 3. The number of rotatable bonds is 4. The van der Waals surface area contributed by atoms with Gasteiger partial charge in [0, 0.05) is 16.7 Å². The smallest absolute Gasteiger partial charge is 0.405 e. The minimum absolute atomic E-state index is 0.341. The molecule has 1 fully saturated rings. The van der Waals surface area contributed by atoms with Crippen LogP contribution in [0.25, 0.3) is 22.4 Å². The Morgan fingerprint density at radius 1 is 1.11 bits per heavy atom. The number of halogens is 1. The fraction of sp³-hybridized carbons (Fsp3) is 0.182. The van der Waals surface area contributed by atoms with Crippen molar-refractivity contribution in [1.29, 1.82) is 0 Å². The van der Waals surface area contributed by atoms with E-state index in [4.69, 9.17) is 10.8 Å². The van der Waals surface area contributed by atoms with Gasteiger partial charge in [0.25, 0.3) is 0 Å². The van der Waals surface area contributed by atoms with Crippen molar-refractivity contribution in [3.8, 4) is 22.4 Å². The Kier molecular flexibility index (Phi) is 4.47. The van der Waals surface area contributed by atoms with E-state index in [0.29, 0.717) is 22.5 Å². The number of nitrogens with one attached hydrogen (secondary N) is 1. The van der Waals surface area contributed by atoms with Gasteiger partial charge >= 0.3 is 6.09 Å². The summed E-state index contributed by atoms with van der Waals surface area (Å²) in [7, 11) is 0. The Morgan fingerprint density at radius 2 is 1.82 bits per heavy atom. The van der Waals surface area contributed by atoms with Gasteiger partial charge in [0.1, 0.15) is 5.82 Å². The van der Waals surface area contributed by atoms with Crippen LogP contribution in [0, 0.1) is 5.82 Å². The van der Waals surface area contributed by atoms with Crippen molar-refractivity contribution < 1.29 is 14.3 Å². The summed E-state index contributed by atoms with van der Waals surface area (Å²) in [6, 6.07) is 15.8. The number of nitrogen functional groups attached to an aromatic ring is 1. The highest BCUT2D eigenvalue weighted by atomic mass is 19.1. The average molecular weight is 377 g/mol. The Hall–Kier alpha value is -3.41. The molecule has 1 aliphatic carbocycles. The van der Waals surface area contributed by atoms with Crippen LogP contribution >= 0.6 is 0 Å². The summed E-state index contributed by atoms with van der Waals surface area (Å²) in [4.78, 5) is 15.6. The van der Waals surface area contributed by atoms with E-state index in [1.54, 1.807) is 30.5 Å². The first-order valence-corrected chi connectivity index (χ1v) is 9.11. The third kappa shape index (κ3) is 3.17. The van der Waals surface area contributed by atoms with Gasteiger partial charge in [0.2, 0.25) is 0 Å². The first kappa shape index (κ1) is 18.0. The molecule has 4 rings (SSSR count). The van der Waals surface area contributed by atoms with Crippen molar-refractivity contribution in [3.63, 3.8) is 0 Å². The van der Waals surface area contributed by atoms with Crippen molar-refractivity contribution in [2.75, 3.05) is 5.73 Å². The lowest BCUT2D eigenvalue weighted by Crippen LogP contribution is -2.50. The van der Waals surface area contributed by atoms with Crippen LogP contribution in [0.1, 0.15) is 24.8 Å². The van der Waals surface area contributed by atoms with Crippen LogP contribution in [0.5, 0.6) is 0 Å². The third-order valence-corrected chi connectivity index (χ3v) is 5.34. The van der Waals surface area contributed by atoms with E-state index in [1.807, 2.05) is 24.3 Å². The molecule has 1 aliphatic rings. The van der Waals surface area contributed by atoms with Gasteiger partial charge in [0.15, 0.2) is 0 Å². The molecule has 5 nitrogen and oxygen atoms in total. The Balaban J connectivity index is 1.75. The van der Waals surface area contributed by atoms with Gasteiger partial charge in [0.05, 0.1) is 23.1 Å². The molecule has 1 heterocycles. The van der Waals surface area contributed by atoms with E-state index in [2.05, 4.69) is 10.3 Å².